The summed E-state index contributed by atoms with van der Waals surface area (Å²) in [4.78, 5) is 51.3. The second kappa shape index (κ2) is 21.7. The Hall–Kier alpha value is -6.49. The molecule has 16 heteroatoms. The minimum Gasteiger partial charge on any atom is -0.478 e. The van der Waals surface area contributed by atoms with Gasteiger partial charge in [0.2, 0.25) is 11.8 Å². The lowest BCUT2D eigenvalue weighted by atomic mass is 9.92. The number of aryl methyl sites for hydroxylation is 1. The Kier molecular flexibility index (Phi) is 15.0. The van der Waals surface area contributed by atoms with E-state index in [4.69, 9.17) is 24.9 Å². The summed E-state index contributed by atoms with van der Waals surface area (Å²) in [5.41, 5.74) is 11.5. The van der Waals surface area contributed by atoms with Crippen molar-refractivity contribution in [3.63, 3.8) is 0 Å². The van der Waals surface area contributed by atoms with E-state index in [0.29, 0.717) is 88.5 Å². The number of aromatic nitrogens is 6. The van der Waals surface area contributed by atoms with Gasteiger partial charge in [-0.2, -0.15) is 0 Å². The Morgan fingerprint density at radius 1 is 0.871 bits per heavy atom. The van der Waals surface area contributed by atoms with E-state index in [9.17, 15) is 9.59 Å². The molecule has 2 aliphatic heterocycles. The highest BCUT2D eigenvalue weighted by molar-refractivity contribution is 6.08. The number of imidazole rings is 1. The fourth-order valence-electron chi connectivity index (χ4n) is 10.1. The van der Waals surface area contributed by atoms with Crippen molar-refractivity contribution in [3.8, 4) is 34.0 Å². The topological polar surface area (TPSA) is 168 Å². The Labute approximate surface area is 408 Å². The summed E-state index contributed by atoms with van der Waals surface area (Å²) in [6.45, 7) is 10.7. The number of pyridine rings is 4. The van der Waals surface area contributed by atoms with Gasteiger partial charge < -0.3 is 35.1 Å². The van der Waals surface area contributed by atoms with E-state index in [1.807, 2.05) is 45.3 Å². The molecule has 0 aliphatic carbocycles. The zero-order chi connectivity index (χ0) is 48.9. The predicted molar refractivity (Wildman–Crippen MR) is 273 cm³/mol. The number of fused-ring (bicyclic) bond motifs is 4. The molecule has 7 heterocycles. The predicted octanol–water partition coefficient (Wildman–Crippen LogP) is 8.41. The van der Waals surface area contributed by atoms with Crippen molar-refractivity contribution in [1.82, 2.24) is 38.9 Å². The van der Waals surface area contributed by atoms with E-state index in [1.54, 1.807) is 53.0 Å². The van der Waals surface area contributed by atoms with Crippen molar-refractivity contribution in [2.45, 2.75) is 77.3 Å². The van der Waals surface area contributed by atoms with Gasteiger partial charge >= 0.3 is 5.69 Å². The number of likely N-dealkylation sites (tertiary alicyclic amines) is 1. The smallest absolute Gasteiger partial charge is 0.329 e. The van der Waals surface area contributed by atoms with Gasteiger partial charge in [0.15, 0.2) is 5.69 Å². The Bertz CT molecular complexity index is 3020. The zero-order valence-electron chi connectivity index (χ0n) is 41.0. The molecular weight excluding hydrogens is 888 g/mol. The number of nitrogens with zero attached hydrogens (tertiary/aromatic N) is 8. The second-order valence-corrected chi connectivity index (χ2v) is 19.3. The van der Waals surface area contributed by atoms with Gasteiger partial charge in [0.05, 0.1) is 47.3 Å². The number of piperidine rings is 1. The summed E-state index contributed by atoms with van der Waals surface area (Å²) < 4.78 is 36.9. The van der Waals surface area contributed by atoms with Crippen molar-refractivity contribution >= 4 is 44.3 Å². The second-order valence-electron chi connectivity index (χ2n) is 19.3. The van der Waals surface area contributed by atoms with Gasteiger partial charge in [-0.15, -0.1) is 0 Å². The normalized spacial score (nSPS) is 15.8. The van der Waals surface area contributed by atoms with Gasteiger partial charge in [-0.1, -0.05) is 18.6 Å². The number of rotatable bonds is 19. The van der Waals surface area contributed by atoms with Crippen molar-refractivity contribution < 1.29 is 23.4 Å². The van der Waals surface area contributed by atoms with Crippen LogP contribution in [0.1, 0.15) is 81.0 Å². The van der Waals surface area contributed by atoms with E-state index in [0.717, 1.165) is 73.8 Å². The molecule has 15 nitrogen and oxygen atoms in total. The number of benzene rings is 2. The summed E-state index contributed by atoms with van der Waals surface area (Å²) in [5.74, 6) is 0.212. The highest BCUT2D eigenvalue weighted by atomic mass is 19.1. The molecular formula is C54H65FN10O5. The van der Waals surface area contributed by atoms with Crippen molar-refractivity contribution in [2.24, 2.45) is 18.7 Å². The number of primary amides is 1. The lowest BCUT2D eigenvalue weighted by Gasteiger charge is -2.30. The highest BCUT2D eigenvalue weighted by Crippen LogP contribution is 2.37. The van der Waals surface area contributed by atoms with Crippen molar-refractivity contribution in [1.29, 1.82) is 0 Å². The average molecular weight is 953 g/mol. The number of carbonyl (C=O) groups excluding carboxylic acids is 1. The van der Waals surface area contributed by atoms with Gasteiger partial charge in [-0.05, 0) is 115 Å². The van der Waals surface area contributed by atoms with Crippen LogP contribution in [0, 0.1) is 11.7 Å². The van der Waals surface area contributed by atoms with Gasteiger partial charge in [0.1, 0.15) is 5.82 Å². The van der Waals surface area contributed by atoms with Crippen LogP contribution in [0.25, 0.3) is 55.0 Å². The van der Waals surface area contributed by atoms with Crippen LogP contribution in [0.3, 0.4) is 0 Å². The van der Waals surface area contributed by atoms with E-state index >= 15 is 4.39 Å². The third kappa shape index (κ3) is 10.6. The first-order valence-corrected chi connectivity index (χ1v) is 24.8. The Morgan fingerprint density at radius 3 is 2.26 bits per heavy atom. The quantitative estimate of drug-likeness (QED) is 0.0744. The van der Waals surface area contributed by atoms with Crippen LogP contribution < -0.4 is 26.2 Å². The molecule has 2 saturated heterocycles. The first kappa shape index (κ1) is 48.5. The maximum absolute atomic E-state index is 16.0. The van der Waals surface area contributed by atoms with Gasteiger partial charge in [-0.3, -0.25) is 18.9 Å². The van der Waals surface area contributed by atoms with Crippen molar-refractivity contribution in [2.75, 3.05) is 72.0 Å². The Balaban J connectivity index is 1.05. The molecule has 2 aliphatic rings. The number of amides is 1. The number of ether oxygens (including phenoxy) is 3. The summed E-state index contributed by atoms with van der Waals surface area (Å²) in [5, 5.41) is 5.87. The first-order chi connectivity index (χ1) is 33.9. The summed E-state index contributed by atoms with van der Waals surface area (Å²) in [6.07, 6.45) is 12.6. The molecule has 0 radical (unpaired) electrons. The maximum Gasteiger partial charge on any atom is 0.329 e. The molecule has 3 N–H and O–H groups in total. The van der Waals surface area contributed by atoms with Crippen LogP contribution in [-0.4, -0.2) is 118 Å². The number of hydrogen-bond donors (Lipinski definition) is 2. The van der Waals surface area contributed by atoms with Crippen LogP contribution in [0.2, 0.25) is 0 Å². The minimum absolute atomic E-state index is 0.0156. The fraction of sp³-hybridized carbons (Fsp3) is 0.444. The molecule has 0 saturated carbocycles. The van der Waals surface area contributed by atoms with Crippen LogP contribution in [-0.2, 0) is 18.2 Å². The zero-order valence-corrected chi connectivity index (χ0v) is 41.0. The van der Waals surface area contributed by atoms with Gasteiger partial charge in [0, 0.05) is 115 Å². The number of anilines is 1. The third-order valence-electron chi connectivity index (χ3n) is 14.0. The molecule has 1 unspecified atom stereocenters. The SMILES string of the molecule is CC(Cc1nc(C(N)=O)c(N[C@@H](C)C2CCOCC2)c2cc(-c3ccc(OCCCN(C)C)nc3)ccc12)n1c(=O)n(C)c2cnc3cc(F)c(-c4ccc(OCCCN5CCCCC5)nc4)cc3c21. The fourth-order valence-corrected chi connectivity index (χ4v) is 10.1. The molecule has 2 fully saturated rings. The number of hydrogen-bond acceptors (Lipinski definition) is 12. The van der Waals surface area contributed by atoms with Crippen LogP contribution in [0.5, 0.6) is 11.8 Å². The number of nitrogens with one attached hydrogen (secondary N) is 1. The maximum atomic E-state index is 16.0. The number of halogens is 1. The molecule has 0 bridgehead atoms. The average Bonchev–Trinajstić information content (AvgIpc) is 3.63. The minimum atomic E-state index is -0.670. The molecule has 70 heavy (non-hydrogen) atoms. The first-order valence-electron chi connectivity index (χ1n) is 24.8. The molecule has 368 valence electrons. The third-order valence-corrected chi connectivity index (χ3v) is 14.0. The van der Waals surface area contributed by atoms with Gasteiger partial charge in [0.25, 0.3) is 5.91 Å². The molecule has 9 rings (SSSR count). The summed E-state index contributed by atoms with van der Waals surface area (Å²) >= 11 is 0. The Morgan fingerprint density at radius 2 is 1.57 bits per heavy atom. The molecule has 1 amide bonds. The molecule has 7 aromatic rings. The summed E-state index contributed by atoms with van der Waals surface area (Å²) in [7, 11) is 5.78. The lowest BCUT2D eigenvalue weighted by Crippen LogP contribution is -2.32. The van der Waals surface area contributed by atoms with E-state index in [-0.39, 0.29) is 23.8 Å². The molecule has 2 aromatic carbocycles. The lowest BCUT2D eigenvalue weighted by molar-refractivity contribution is 0.0622. The highest BCUT2D eigenvalue weighted by Gasteiger charge is 2.27. The number of nitrogens with two attached hydrogens (primary N) is 1. The summed E-state index contributed by atoms with van der Waals surface area (Å²) in [6, 6.07) is 16.2. The van der Waals surface area contributed by atoms with Crippen molar-refractivity contribution in [3.05, 3.63) is 101 Å². The molecule has 5 aromatic heterocycles. The molecule has 0 spiro atoms. The van der Waals surface area contributed by atoms with Crippen LogP contribution in [0.4, 0.5) is 10.1 Å². The van der Waals surface area contributed by atoms with E-state index in [2.05, 4.69) is 43.1 Å². The largest absolute Gasteiger partial charge is 0.478 e. The monoisotopic (exact) mass is 953 g/mol. The van der Waals surface area contributed by atoms with E-state index in [1.165, 1.54) is 25.3 Å². The van der Waals surface area contributed by atoms with Crippen LogP contribution in [0.15, 0.2) is 78.0 Å². The van der Waals surface area contributed by atoms with Gasteiger partial charge in [-0.25, -0.2) is 24.1 Å². The molecule has 2 atom stereocenters. The standard InChI is InChI=1S/C54H65FN10O5/c1-34(65-52-43-29-41(44(55)30-45(43)57-33-47(52)63(5)54(65)67)39-13-16-49(59-32-39)70-24-10-22-64-20-7-6-8-21-64)27-46-40-14-11-37(38-12-15-48(58-31-38)69-23-9-19-62(3)4)28-42(40)50(51(61-46)53(56)66)60-35(2)36-17-25-68-26-18-36/h11-16,28-36,60H,6-10,17-27H2,1-5H3,(H2,56,66)/t34?,35-/m0/s1. The van der Waals surface area contributed by atoms with Crippen LogP contribution >= 0.6 is 0 Å². The number of carbonyl (C=O) groups is 1. The van der Waals surface area contributed by atoms with E-state index < -0.39 is 17.8 Å².